The van der Waals surface area contributed by atoms with Crippen molar-refractivity contribution < 1.29 is 19.0 Å². The molecule has 2 rings (SSSR count). The van der Waals surface area contributed by atoms with E-state index < -0.39 is 0 Å². The van der Waals surface area contributed by atoms with Gasteiger partial charge in [-0.15, -0.1) is 0 Å². The van der Waals surface area contributed by atoms with Crippen molar-refractivity contribution in [2.24, 2.45) is 0 Å². The molecule has 1 heterocycles. The van der Waals surface area contributed by atoms with E-state index in [2.05, 4.69) is 4.98 Å². The predicted octanol–water partition coefficient (Wildman–Crippen LogP) is 2.34. The molecule has 0 bridgehead atoms. The number of rotatable bonds is 5. The Hall–Kier alpha value is -2.56. The zero-order valence-electron chi connectivity index (χ0n) is 11.5. The van der Waals surface area contributed by atoms with Gasteiger partial charge in [-0.2, -0.15) is 0 Å². The van der Waals surface area contributed by atoms with E-state index >= 15 is 0 Å². The summed E-state index contributed by atoms with van der Waals surface area (Å²) < 4.78 is 15.5. The summed E-state index contributed by atoms with van der Waals surface area (Å²) in [5.74, 6) is 0.987. The Kier molecular flexibility index (Phi) is 4.20. The number of ketones is 1. The third-order valence-corrected chi connectivity index (χ3v) is 2.82. The number of hydrogen-bond acceptors (Lipinski definition) is 5. The zero-order chi connectivity index (χ0) is 14.5. The normalized spacial score (nSPS) is 9.95. The average molecular weight is 273 g/mol. The molecule has 0 spiro atoms. The molecule has 0 atom stereocenters. The number of carbonyl (C=O) groups is 1. The highest BCUT2D eigenvalue weighted by Crippen LogP contribution is 2.30. The van der Waals surface area contributed by atoms with E-state index in [1.54, 1.807) is 36.4 Å². The highest BCUT2D eigenvalue weighted by molar-refractivity contribution is 6.11. The SMILES string of the molecule is COc1cccc(C(=O)c2c(OC)cccc2OC)n1. The van der Waals surface area contributed by atoms with Crippen molar-refractivity contribution >= 4 is 5.78 Å². The first-order valence-corrected chi connectivity index (χ1v) is 5.98. The number of hydrogen-bond donors (Lipinski definition) is 0. The van der Waals surface area contributed by atoms with Gasteiger partial charge in [0.25, 0.3) is 0 Å². The first kappa shape index (κ1) is 13.9. The molecule has 5 heteroatoms. The van der Waals surface area contributed by atoms with Crippen molar-refractivity contribution in [3.8, 4) is 17.4 Å². The second kappa shape index (κ2) is 6.06. The molecule has 0 saturated heterocycles. The number of methoxy groups -OCH3 is 3. The van der Waals surface area contributed by atoms with Crippen molar-refractivity contribution in [2.75, 3.05) is 21.3 Å². The number of carbonyl (C=O) groups excluding carboxylic acids is 1. The second-order valence-electron chi connectivity index (χ2n) is 3.93. The average Bonchev–Trinajstić information content (AvgIpc) is 2.53. The van der Waals surface area contributed by atoms with Gasteiger partial charge in [0.1, 0.15) is 22.8 Å². The van der Waals surface area contributed by atoms with E-state index in [0.29, 0.717) is 22.9 Å². The van der Waals surface area contributed by atoms with Crippen LogP contribution >= 0.6 is 0 Å². The standard InChI is InChI=1S/C15H15NO4/c1-18-11-7-5-8-12(19-2)14(11)15(17)10-6-4-9-13(16-10)20-3/h4-9H,1-3H3. The third-order valence-electron chi connectivity index (χ3n) is 2.82. The van der Waals surface area contributed by atoms with Gasteiger partial charge in [0.05, 0.1) is 21.3 Å². The maximum absolute atomic E-state index is 12.6. The van der Waals surface area contributed by atoms with Crippen LogP contribution in [0.5, 0.6) is 17.4 Å². The van der Waals surface area contributed by atoms with Crippen molar-refractivity contribution in [2.45, 2.75) is 0 Å². The van der Waals surface area contributed by atoms with Gasteiger partial charge in [-0.05, 0) is 18.2 Å². The molecule has 1 aromatic carbocycles. The van der Waals surface area contributed by atoms with E-state index in [1.165, 1.54) is 21.3 Å². The summed E-state index contributed by atoms with van der Waals surface area (Å²) in [7, 11) is 4.51. The van der Waals surface area contributed by atoms with Crippen LogP contribution in [-0.2, 0) is 0 Å². The summed E-state index contributed by atoms with van der Waals surface area (Å²) in [6, 6.07) is 10.2. The molecule has 1 aromatic heterocycles. The summed E-state index contributed by atoms with van der Waals surface area (Å²) in [5.41, 5.74) is 0.616. The van der Waals surface area contributed by atoms with Gasteiger partial charge in [-0.3, -0.25) is 4.79 Å². The van der Waals surface area contributed by atoms with Gasteiger partial charge < -0.3 is 14.2 Å². The van der Waals surface area contributed by atoms with Crippen LogP contribution in [0.3, 0.4) is 0 Å². The molecule has 0 saturated carbocycles. The van der Waals surface area contributed by atoms with Crippen LogP contribution in [0.25, 0.3) is 0 Å². The molecule has 0 aliphatic rings. The minimum Gasteiger partial charge on any atom is -0.496 e. The maximum Gasteiger partial charge on any atom is 0.218 e. The van der Waals surface area contributed by atoms with Crippen molar-refractivity contribution in [1.82, 2.24) is 4.98 Å². The van der Waals surface area contributed by atoms with Crippen LogP contribution < -0.4 is 14.2 Å². The molecule has 2 aromatic rings. The van der Waals surface area contributed by atoms with Gasteiger partial charge in [-0.25, -0.2) is 4.98 Å². The molecule has 5 nitrogen and oxygen atoms in total. The van der Waals surface area contributed by atoms with Crippen LogP contribution in [0.2, 0.25) is 0 Å². The quantitative estimate of drug-likeness (QED) is 0.783. The second-order valence-corrected chi connectivity index (χ2v) is 3.93. The Bertz CT molecular complexity index is 603. The fraction of sp³-hybridized carbons (Fsp3) is 0.200. The molecular formula is C15H15NO4. The lowest BCUT2D eigenvalue weighted by Gasteiger charge is -2.11. The summed E-state index contributed by atoms with van der Waals surface area (Å²) in [6.45, 7) is 0. The Morgan fingerprint density at radius 3 is 2.05 bits per heavy atom. The number of benzene rings is 1. The highest BCUT2D eigenvalue weighted by Gasteiger charge is 2.21. The summed E-state index contributed by atoms with van der Waals surface area (Å²) in [5, 5.41) is 0. The minimum atomic E-state index is -0.279. The first-order chi connectivity index (χ1) is 9.71. The monoisotopic (exact) mass is 273 g/mol. The van der Waals surface area contributed by atoms with Crippen LogP contribution in [0.15, 0.2) is 36.4 Å². The van der Waals surface area contributed by atoms with E-state index in [9.17, 15) is 4.79 Å². The number of nitrogens with zero attached hydrogens (tertiary/aromatic N) is 1. The fourth-order valence-corrected chi connectivity index (χ4v) is 1.86. The molecule has 0 N–H and O–H groups in total. The van der Waals surface area contributed by atoms with Gasteiger partial charge >= 0.3 is 0 Å². The van der Waals surface area contributed by atoms with Crippen LogP contribution in [-0.4, -0.2) is 32.1 Å². The summed E-state index contributed by atoms with van der Waals surface area (Å²) in [4.78, 5) is 16.7. The Balaban J connectivity index is 2.52. The predicted molar refractivity (Wildman–Crippen MR) is 73.8 cm³/mol. The third kappa shape index (κ3) is 2.56. The molecule has 0 unspecified atom stereocenters. The Labute approximate surface area is 117 Å². The van der Waals surface area contributed by atoms with Gasteiger partial charge in [0.15, 0.2) is 0 Å². The van der Waals surface area contributed by atoms with Crippen molar-refractivity contribution in [3.63, 3.8) is 0 Å². The van der Waals surface area contributed by atoms with E-state index in [-0.39, 0.29) is 11.5 Å². The minimum absolute atomic E-state index is 0.271. The molecule has 0 aliphatic heterocycles. The highest BCUT2D eigenvalue weighted by atomic mass is 16.5. The first-order valence-electron chi connectivity index (χ1n) is 5.98. The topological polar surface area (TPSA) is 57.7 Å². The summed E-state index contributed by atoms with van der Waals surface area (Å²) >= 11 is 0. The maximum atomic E-state index is 12.6. The molecule has 0 aliphatic carbocycles. The molecule has 0 radical (unpaired) electrons. The zero-order valence-corrected chi connectivity index (χ0v) is 11.5. The lowest BCUT2D eigenvalue weighted by molar-refractivity contribution is 0.102. The van der Waals surface area contributed by atoms with Gasteiger partial charge in [-0.1, -0.05) is 12.1 Å². The van der Waals surface area contributed by atoms with Crippen LogP contribution in [0.4, 0.5) is 0 Å². The molecular weight excluding hydrogens is 258 g/mol. The van der Waals surface area contributed by atoms with Crippen LogP contribution in [0.1, 0.15) is 16.1 Å². The number of aromatic nitrogens is 1. The lowest BCUT2D eigenvalue weighted by atomic mass is 10.1. The molecule has 0 amide bonds. The number of pyridine rings is 1. The molecule has 0 fully saturated rings. The number of ether oxygens (including phenoxy) is 3. The Morgan fingerprint density at radius 2 is 1.50 bits per heavy atom. The van der Waals surface area contributed by atoms with Crippen molar-refractivity contribution in [3.05, 3.63) is 47.7 Å². The molecule has 104 valence electrons. The van der Waals surface area contributed by atoms with E-state index in [0.717, 1.165) is 0 Å². The van der Waals surface area contributed by atoms with E-state index in [1.807, 2.05) is 0 Å². The fourth-order valence-electron chi connectivity index (χ4n) is 1.86. The lowest BCUT2D eigenvalue weighted by Crippen LogP contribution is -2.08. The Morgan fingerprint density at radius 1 is 0.900 bits per heavy atom. The van der Waals surface area contributed by atoms with Gasteiger partial charge in [0.2, 0.25) is 11.7 Å². The van der Waals surface area contributed by atoms with Gasteiger partial charge in [0, 0.05) is 6.07 Å². The molecule has 20 heavy (non-hydrogen) atoms. The summed E-state index contributed by atoms with van der Waals surface area (Å²) in [6.07, 6.45) is 0. The van der Waals surface area contributed by atoms with Crippen LogP contribution in [0, 0.1) is 0 Å². The largest absolute Gasteiger partial charge is 0.496 e. The smallest absolute Gasteiger partial charge is 0.218 e. The van der Waals surface area contributed by atoms with E-state index in [4.69, 9.17) is 14.2 Å². The van der Waals surface area contributed by atoms with Crippen molar-refractivity contribution in [1.29, 1.82) is 0 Å².